The second kappa shape index (κ2) is 5.57. The molecule has 0 spiro atoms. The normalized spacial score (nSPS) is 9.07. The van der Waals surface area contributed by atoms with Crippen LogP contribution in [0.1, 0.15) is 11.1 Å². The Morgan fingerprint density at radius 1 is 1.21 bits per heavy atom. The van der Waals surface area contributed by atoms with E-state index in [2.05, 4.69) is 11.8 Å². The first-order valence-corrected chi connectivity index (χ1v) is 5.00. The molecular weight excluding hydrogens is 196 g/mol. The zero-order chi connectivity index (χ0) is 10.4. The first-order chi connectivity index (χ1) is 6.75. The Morgan fingerprint density at radius 2 is 1.86 bits per heavy atom. The maximum atomic E-state index is 5.54. The highest BCUT2D eigenvalue weighted by Gasteiger charge is 2.00. The summed E-state index contributed by atoms with van der Waals surface area (Å²) < 4.78 is 5.54. The molecule has 0 radical (unpaired) electrons. The predicted molar refractivity (Wildman–Crippen MR) is 59.9 cm³/mol. The number of aryl methyl sites for hydroxylation is 2. The van der Waals surface area contributed by atoms with E-state index in [0.29, 0.717) is 12.5 Å². The predicted octanol–water partition coefficient (Wildman–Crippen LogP) is 2.92. The fourth-order valence-corrected chi connectivity index (χ4v) is 1.33. The molecule has 1 aromatic carbocycles. The Balaban J connectivity index is 2.66. The monoisotopic (exact) mass is 208 g/mol. The van der Waals surface area contributed by atoms with Crippen LogP contribution < -0.4 is 4.74 Å². The molecule has 0 aliphatic carbocycles. The third-order valence-electron chi connectivity index (χ3n) is 1.89. The minimum atomic E-state index is 0.357. The number of alkyl halides is 1. The highest BCUT2D eigenvalue weighted by Crippen LogP contribution is 2.21. The van der Waals surface area contributed by atoms with Crippen LogP contribution in [-0.2, 0) is 0 Å². The van der Waals surface area contributed by atoms with Gasteiger partial charge >= 0.3 is 0 Å². The molecule has 0 aromatic heterocycles. The number of halogens is 1. The summed E-state index contributed by atoms with van der Waals surface area (Å²) >= 11 is 5.42. The number of benzene rings is 1. The molecule has 0 aliphatic heterocycles. The van der Waals surface area contributed by atoms with Crippen LogP contribution >= 0.6 is 11.6 Å². The SMILES string of the molecule is Cc1cccc(C)c1OCC#CCCl. The average molecular weight is 209 g/mol. The number of rotatable bonds is 2. The van der Waals surface area contributed by atoms with Crippen LogP contribution in [0.5, 0.6) is 5.75 Å². The summed E-state index contributed by atoms with van der Waals surface area (Å²) in [7, 11) is 0. The molecule has 0 unspecified atom stereocenters. The molecule has 0 bridgehead atoms. The van der Waals surface area contributed by atoms with Crippen LogP contribution in [0, 0.1) is 25.7 Å². The van der Waals surface area contributed by atoms with Gasteiger partial charge in [0, 0.05) is 0 Å². The highest BCUT2D eigenvalue weighted by atomic mass is 35.5. The summed E-state index contributed by atoms with van der Waals surface area (Å²) in [5.41, 5.74) is 2.27. The van der Waals surface area contributed by atoms with E-state index in [1.807, 2.05) is 32.0 Å². The van der Waals surface area contributed by atoms with E-state index in [4.69, 9.17) is 16.3 Å². The Kier molecular flexibility index (Phi) is 4.35. The first kappa shape index (κ1) is 10.9. The Hall–Kier alpha value is -1.13. The molecule has 0 atom stereocenters. The molecule has 1 nitrogen and oxygen atoms in total. The van der Waals surface area contributed by atoms with Gasteiger partial charge in [0.25, 0.3) is 0 Å². The van der Waals surface area contributed by atoms with E-state index in [9.17, 15) is 0 Å². The van der Waals surface area contributed by atoms with Crippen LogP contribution in [0.25, 0.3) is 0 Å². The third-order valence-corrected chi connectivity index (χ3v) is 2.02. The Labute approximate surface area is 90.0 Å². The van der Waals surface area contributed by atoms with Crippen molar-refractivity contribution in [2.45, 2.75) is 13.8 Å². The average Bonchev–Trinajstić information content (AvgIpc) is 2.16. The third kappa shape index (κ3) is 2.97. The molecule has 1 aromatic rings. The molecule has 0 fully saturated rings. The Bertz CT molecular complexity index is 340. The van der Waals surface area contributed by atoms with Crippen LogP contribution in [-0.4, -0.2) is 12.5 Å². The summed E-state index contributed by atoms with van der Waals surface area (Å²) in [6, 6.07) is 6.07. The zero-order valence-electron chi connectivity index (χ0n) is 8.43. The van der Waals surface area contributed by atoms with Gasteiger partial charge in [-0.3, -0.25) is 0 Å². The van der Waals surface area contributed by atoms with Gasteiger partial charge in [0.15, 0.2) is 0 Å². The molecule has 2 heteroatoms. The summed E-state index contributed by atoms with van der Waals surface area (Å²) in [5, 5.41) is 0. The molecule has 0 heterocycles. The number of para-hydroxylation sites is 1. The van der Waals surface area contributed by atoms with E-state index in [0.717, 1.165) is 16.9 Å². The summed E-state index contributed by atoms with van der Waals surface area (Å²) in [4.78, 5) is 0. The lowest BCUT2D eigenvalue weighted by Gasteiger charge is -2.08. The van der Waals surface area contributed by atoms with Crippen molar-refractivity contribution in [1.82, 2.24) is 0 Å². The molecular formula is C12H13ClO. The fourth-order valence-electron chi connectivity index (χ4n) is 1.23. The van der Waals surface area contributed by atoms with Gasteiger partial charge in [-0.15, -0.1) is 11.6 Å². The van der Waals surface area contributed by atoms with Gasteiger partial charge in [-0.05, 0) is 25.0 Å². The van der Waals surface area contributed by atoms with E-state index < -0.39 is 0 Å². The van der Waals surface area contributed by atoms with Gasteiger partial charge in [-0.25, -0.2) is 0 Å². The van der Waals surface area contributed by atoms with E-state index in [-0.39, 0.29) is 0 Å². The lowest BCUT2D eigenvalue weighted by atomic mass is 10.1. The van der Waals surface area contributed by atoms with Crippen LogP contribution in [0.2, 0.25) is 0 Å². The molecule has 0 N–H and O–H groups in total. The minimum absolute atomic E-state index is 0.357. The lowest BCUT2D eigenvalue weighted by Crippen LogP contribution is -1.98. The number of hydrogen-bond donors (Lipinski definition) is 0. The standard InChI is InChI=1S/C12H13ClO/c1-10-6-5-7-11(2)12(10)14-9-4-3-8-13/h5-7H,8-9H2,1-2H3. The van der Waals surface area contributed by atoms with Gasteiger partial charge in [0.05, 0.1) is 5.88 Å². The van der Waals surface area contributed by atoms with E-state index in [1.165, 1.54) is 0 Å². The molecule has 0 saturated heterocycles. The largest absolute Gasteiger partial charge is 0.480 e. The topological polar surface area (TPSA) is 9.23 Å². The fraction of sp³-hybridized carbons (Fsp3) is 0.333. The van der Waals surface area contributed by atoms with Gasteiger partial charge in [-0.2, -0.15) is 0 Å². The number of hydrogen-bond acceptors (Lipinski definition) is 1. The molecule has 74 valence electrons. The van der Waals surface area contributed by atoms with Crippen molar-refractivity contribution in [2.75, 3.05) is 12.5 Å². The minimum Gasteiger partial charge on any atom is -0.480 e. The smallest absolute Gasteiger partial charge is 0.149 e. The quantitative estimate of drug-likeness (QED) is 0.537. The van der Waals surface area contributed by atoms with Crippen molar-refractivity contribution in [2.24, 2.45) is 0 Å². The first-order valence-electron chi connectivity index (χ1n) is 4.46. The summed E-state index contributed by atoms with van der Waals surface area (Å²) in [5.74, 6) is 6.87. The second-order valence-electron chi connectivity index (χ2n) is 3.00. The van der Waals surface area contributed by atoms with Gasteiger partial charge < -0.3 is 4.74 Å². The van der Waals surface area contributed by atoms with Gasteiger partial charge in [-0.1, -0.05) is 30.0 Å². The van der Waals surface area contributed by atoms with Crippen LogP contribution in [0.3, 0.4) is 0 Å². The summed E-state index contributed by atoms with van der Waals surface area (Å²) in [6.07, 6.45) is 0. The number of ether oxygens (including phenoxy) is 1. The molecule has 1 rings (SSSR count). The van der Waals surface area contributed by atoms with Crippen LogP contribution in [0.4, 0.5) is 0 Å². The van der Waals surface area contributed by atoms with E-state index >= 15 is 0 Å². The molecule has 0 amide bonds. The van der Waals surface area contributed by atoms with Crippen molar-refractivity contribution in [3.05, 3.63) is 29.3 Å². The van der Waals surface area contributed by atoms with Crippen molar-refractivity contribution in [1.29, 1.82) is 0 Å². The second-order valence-corrected chi connectivity index (χ2v) is 3.26. The molecule has 0 saturated carbocycles. The zero-order valence-corrected chi connectivity index (χ0v) is 9.19. The molecule has 14 heavy (non-hydrogen) atoms. The van der Waals surface area contributed by atoms with Crippen molar-refractivity contribution in [3.8, 4) is 17.6 Å². The van der Waals surface area contributed by atoms with Crippen LogP contribution in [0.15, 0.2) is 18.2 Å². The van der Waals surface area contributed by atoms with Crippen molar-refractivity contribution >= 4 is 11.6 Å². The Morgan fingerprint density at radius 3 is 2.43 bits per heavy atom. The van der Waals surface area contributed by atoms with Gasteiger partial charge in [0.2, 0.25) is 0 Å². The van der Waals surface area contributed by atoms with Crippen molar-refractivity contribution < 1.29 is 4.74 Å². The highest BCUT2D eigenvalue weighted by molar-refractivity contribution is 6.19. The maximum Gasteiger partial charge on any atom is 0.149 e. The van der Waals surface area contributed by atoms with E-state index in [1.54, 1.807) is 0 Å². The lowest BCUT2D eigenvalue weighted by molar-refractivity contribution is 0.365. The molecule has 0 aliphatic rings. The summed E-state index contributed by atoms with van der Waals surface area (Å²) in [6.45, 7) is 4.45. The van der Waals surface area contributed by atoms with Crippen molar-refractivity contribution in [3.63, 3.8) is 0 Å². The maximum absolute atomic E-state index is 5.54. The van der Waals surface area contributed by atoms with Gasteiger partial charge in [0.1, 0.15) is 12.4 Å².